The van der Waals surface area contributed by atoms with Crippen molar-refractivity contribution in [2.75, 3.05) is 40.5 Å². The quantitative estimate of drug-likeness (QED) is 0.628. The fraction of sp³-hybridized carbons (Fsp3) is 0.684. The molecule has 0 saturated heterocycles. The van der Waals surface area contributed by atoms with E-state index in [1.165, 1.54) is 5.56 Å². The first-order valence-corrected chi connectivity index (χ1v) is 8.50. The second-order valence-electron chi connectivity index (χ2n) is 7.01. The summed E-state index contributed by atoms with van der Waals surface area (Å²) in [6, 6.07) is 8.03. The average Bonchev–Trinajstić information content (AvgIpc) is 2.53. The maximum atomic E-state index is 10.3. The van der Waals surface area contributed by atoms with Gasteiger partial charge < -0.3 is 19.3 Å². The smallest absolute Gasteiger partial charge is 0.118 e. The summed E-state index contributed by atoms with van der Waals surface area (Å²) in [5, 5.41) is 10.3. The summed E-state index contributed by atoms with van der Waals surface area (Å²) >= 11 is 0. The molecule has 0 radical (unpaired) electrons. The molecule has 0 fully saturated rings. The molecule has 0 saturated carbocycles. The Morgan fingerprint density at radius 1 is 1.12 bits per heavy atom. The van der Waals surface area contributed by atoms with Gasteiger partial charge in [0.25, 0.3) is 0 Å². The maximum Gasteiger partial charge on any atom is 0.118 e. The third-order valence-electron chi connectivity index (χ3n) is 3.57. The van der Waals surface area contributed by atoms with Crippen LogP contribution >= 0.6 is 0 Å². The van der Waals surface area contributed by atoms with Gasteiger partial charge in [0.2, 0.25) is 0 Å². The lowest BCUT2D eigenvalue weighted by Gasteiger charge is -2.27. The number of aliphatic hydroxyl groups is 1. The fourth-order valence-electron chi connectivity index (χ4n) is 2.35. The normalized spacial score (nSPS) is 13.3. The lowest BCUT2D eigenvalue weighted by atomic mass is 10.1. The zero-order valence-electron chi connectivity index (χ0n) is 15.7. The molecule has 0 bridgehead atoms. The largest absolute Gasteiger partial charge is 0.497 e. The van der Waals surface area contributed by atoms with Crippen LogP contribution in [0, 0.1) is 0 Å². The minimum atomic E-state index is -0.509. The molecule has 1 rings (SSSR count). The predicted molar refractivity (Wildman–Crippen MR) is 96.5 cm³/mol. The SMILES string of the molecule is COCCCN(Cc1ccc(OC)cc1)C[C@H](O)COC(C)(C)C. The molecule has 0 spiro atoms. The molecule has 0 heterocycles. The van der Waals surface area contributed by atoms with Crippen LogP contribution in [0.2, 0.25) is 0 Å². The van der Waals surface area contributed by atoms with Crippen LogP contribution in [0.15, 0.2) is 24.3 Å². The summed E-state index contributed by atoms with van der Waals surface area (Å²) in [6.07, 6.45) is 0.421. The Labute approximate surface area is 146 Å². The summed E-state index contributed by atoms with van der Waals surface area (Å²) < 4.78 is 16.0. The first-order valence-electron chi connectivity index (χ1n) is 8.50. The van der Waals surface area contributed by atoms with E-state index in [9.17, 15) is 5.11 Å². The van der Waals surface area contributed by atoms with E-state index in [0.29, 0.717) is 19.8 Å². The summed E-state index contributed by atoms with van der Waals surface area (Å²) in [7, 11) is 3.37. The molecule has 0 aliphatic carbocycles. The maximum absolute atomic E-state index is 10.3. The Morgan fingerprint density at radius 3 is 2.33 bits per heavy atom. The van der Waals surface area contributed by atoms with Crippen molar-refractivity contribution in [2.24, 2.45) is 0 Å². The van der Waals surface area contributed by atoms with Crippen LogP contribution in [0.5, 0.6) is 5.75 Å². The molecule has 0 aliphatic heterocycles. The van der Waals surface area contributed by atoms with Crippen LogP contribution in [-0.2, 0) is 16.0 Å². The minimum Gasteiger partial charge on any atom is -0.497 e. The number of benzene rings is 1. The van der Waals surface area contributed by atoms with Gasteiger partial charge in [-0.05, 0) is 44.9 Å². The van der Waals surface area contributed by atoms with Gasteiger partial charge in [0.05, 0.1) is 25.4 Å². The number of methoxy groups -OCH3 is 2. The highest BCUT2D eigenvalue weighted by molar-refractivity contribution is 5.27. The second-order valence-corrected chi connectivity index (χ2v) is 7.01. The van der Waals surface area contributed by atoms with E-state index in [-0.39, 0.29) is 5.60 Å². The molecule has 1 atom stereocenters. The van der Waals surface area contributed by atoms with Crippen molar-refractivity contribution in [3.8, 4) is 5.75 Å². The number of nitrogens with zero attached hydrogens (tertiary/aromatic N) is 1. The third kappa shape index (κ3) is 9.23. The van der Waals surface area contributed by atoms with Gasteiger partial charge in [0.15, 0.2) is 0 Å². The van der Waals surface area contributed by atoms with Gasteiger partial charge in [-0.25, -0.2) is 0 Å². The molecule has 1 aromatic rings. The zero-order valence-corrected chi connectivity index (χ0v) is 15.7. The summed E-state index contributed by atoms with van der Waals surface area (Å²) in [6.45, 7) is 9.26. The lowest BCUT2D eigenvalue weighted by Crippen LogP contribution is -2.37. The molecule has 0 aromatic heterocycles. The first-order chi connectivity index (χ1) is 11.3. The number of hydrogen-bond donors (Lipinski definition) is 1. The predicted octanol–water partition coefficient (Wildman–Crippen LogP) is 2.71. The average molecular weight is 339 g/mol. The first kappa shape index (κ1) is 20.9. The van der Waals surface area contributed by atoms with Gasteiger partial charge in [0, 0.05) is 33.4 Å². The monoisotopic (exact) mass is 339 g/mol. The van der Waals surface area contributed by atoms with Crippen molar-refractivity contribution in [3.63, 3.8) is 0 Å². The van der Waals surface area contributed by atoms with Crippen LogP contribution < -0.4 is 4.74 Å². The molecule has 5 heteroatoms. The molecular weight excluding hydrogens is 306 g/mol. The van der Waals surface area contributed by atoms with Crippen molar-refractivity contribution in [1.82, 2.24) is 4.90 Å². The number of ether oxygens (including phenoxy) is 3. The Morgan fingerprint density at radius 2 is 1.79 bits per heavy atom. The Bertz CT molecular complexity index is 442. The highest BCUT2D eigenvalue weighted by atomic mass is 16.5. The zero-order chi connectivity index (χ0) is 18.0. The van der Waals surface area contributed by atoms with Crippen LogP contribution in [-0.4, -0.2) is 62.2 Å². The lowest BCUT2D eigenvalue weighted by molar-refractivity contribution is -0.0569. The Kier molecular flexibility index (Phi) is 9.29. The summed E-state index contributed by atoms with van der Waals surface area (Å²) in [5.74, 6) is 0.850. The standard InChI is InChI=1S/C19H33NO4/c1-19(2,3)24-15-17(21)14-20(11-6-12-22-4)13-16-7-9-18(23-5)10-8-16/h7-10,17,21H,6,11-15H2,1-5H3/t17-/m0/s1. The van der Waals surface area contributed by atoms with Crippen LogP contribution in [0.1, 0.15) is 32.8 Å². The molecule has 24 heavy (non-hydrogen) atoms. The van der Waals surface area contributed by atoms with Crippen molar-refractivity contribution in [3.05, 3.63) is 29.8 Å². The molecule has 1 aromatic carbocycles. The van der Waals surface area contributed by atoms with Gasteiger partial charge in [-0.15, -0.1) is 0 Å². The van der Waals surface area contributed by atoms with Crippen molar-refractivity contribution >= 4 is 0 Å². The Balaban J connectivity index is 2.57. The van der Waals surface area contributed by atoms with Crippen LogP contribution in [0.25, 0.3) is 0 Å². The second kappa shape index (κ2) is 10.7. The van der Waals surface area contributed by atoms with E-state index in [2.05, 4.69) is 17.0 Å². The molecule has 5 nitrogen and oxygen atoms in total. The molecule has 0 unspecified atom stereocenters. The Hall–Kier alpha value is -1.14. The van der Waals surface area contributed by atoms with E-state index >= 15 is 0 Å². The van der Waals surface area contributed by atoms with Crippen molar-refractivity contribution < 1.29 is 19.3 Å². The van der Waals surface area contributed by atoms with E-state index in [1.807, 2.05) is 32.9 Å². The third-order valence-corrected chi connectivity index (χ3v) is 3.57. The van der Waals surface area contributed by atoms with Crippen LogP contribution in [0.3, 0.4) is 0 Å². The topological polar surface area (TPSA) is 51.2 Å². The number of rotatable bonds is 11. The van der Waals surface area contributed by atoms with Gasteiger partial charge in [-0.1, -0.05) is 12.1 Å². The van der Waals surface area contributed by atoms with Gasteiger partial charge in [-0.3, -0.25) is 4.90 Å². The van der Waals surface area contributed by atoms with Gasteiger partial charge in [-0.2, -0.15) is 0 Å². The van der Waals surface area contributed by atoms with Crippen LogP contribution in [0.4, 0.5) is 0 Å². The molecular formula is C19H33NO4. The van der Waals surface area contributed by atoms with Gasteiger partial charge >= 0.3 is 0 Å². The van der Waals surface area contributed by atoms with E-state index < -0.39 is 6.10 Å². The summed E-state index contributed by atoms with van der Waals surface area (Å²) in [4.78, 5) is 2.23. The summed E-state index contributed by atoms with van der Waals surface area (Å²) in [5.41, 5.74) is 0.954. The molecule has 0 amide bonds. The minimum absolute atomic E-state index is 0.238. The number of aliphatic hydroxyl groups excluding tert-OH is 1. The highest BCUT2D eigenvalue weighted by Crippen LogP contribution is 2.14. The highest BCUT2D eigenvalue weighted by Gasteiger charge is 2.16. The number of hydrogen-bond acceptors (Lipinski definition) is 5. The molecule has 0 aliphatic rings. The fourth-order valence-corrected chi connectivity index (χ4v) is 2.35. The van der Waals surface area contributed by atoms with Gasteiger partial charge in [0.1, 0.15) is 5.75 Å². The van der Waals surface area contributed by atoms with Crippen molar-refractivity contribution in [2.45, 2.75) is 45.4 Å². The molecule has 138 valence electrons. The van der Waals surface area contributed by atoms with E-state index in [1.54, 1.807) is 14.2 Å². The van der Waals surface area contributed by atoms with Crippen molar-refractivity contribution in [1.29, 1.82) is 0 Å². The van der Waals surface area contributed by atoms with E-state index in [4.69, 9.17) is 14.2 Å². The van der Waals surface area contributed by atoms with E-state index in [0.717, 1.165) is 25.3 Å². The molecule has 1 N–H and O–H groups in total.